The van der Waals surface area contributed by atoms with Crippen LogP contribution in [0.15, 0.2) is 61.1 Å². The largest absolute Gasteiger partial charge is 0.383 e. The molecule has 4 N–H and O–H groups in total. The second kappa shape index (κ2) is 9.57. The van der Waals surface area contributed by atoms with Gasteiger partial charge in [0, 0.05) is 34.3 Å². The lowest BCUT2D eigenvalue weighted by Crippen LogP contribution is -2.39. The summed E-state index contributed by atoms with van der Waals surface area (Å²) in [7, 11) is 0. The fraction of sp³-hybridized carbons (Fsp3) is 0.321. The molecular weight excluding hydrogens is 469 g/mol. The van der Waals surface area contributed by atoms with E-state index in [0.29, 0.717) is 24.0 Å². The third-order valence-corrected chi connectivity index (χ3v) is 7.38. The Bertz CT molecular complexity index is 1570. The maximum atomic E-state index is 14.2. The van der Waals surface area contributed by atoms with Crippen LogP contribution in [0.25, 0.3) is 33.2 Å². The molecule has 190 valence electrons. The molecule has 9 heteroatoms. The summed E-state index contributed by atoms with van der Waals surface area (Å²) in [6.07, 6.45) is 6.73. The first-order valence-corrected chi connectivity index (χ1v) is 12.7. The van der Waals surface area contributed by atoms with E-state index in [1.807, 2.05) is 45.8 Å². The van der Waals surface area contributed by atoms with Gasteiger partial charge in [-0.1, -0.05) is 24.3 Å². The Kier molecular flexibility index (Phi) is 6.10. The summed E-state index contributed by atoms with van der Waals surface area (Å²) in [5.74, 6) is 0.206. The minimum atomic E-state index is -0.511. The van der Waals surface area contributed by atoms with Gasteiger partial charge in [0.15, 0.2) is 5.65 Å². The Morgan fingerprint density at radius 2 is 1.92 bits per heavy atom. The van der Waals surface area contributed by atoms with Gasteiger partial charge in [-0.3, -0.25) is 5.32 Å². The van der Waals surface area contributed by atoms with Crippen LogP contribution in [0.5, 0.6) is 0 Å². The molecule has 1 fully saturated rings. The molecule has 0 aliphatic heterocycles. The molecule has 5 aromatic rings. The summed E-state index contributed by atoms with van der Waals surface area (Å²) in [5.41, 5.74) is 10.5. The molecule has 0 saturated heterocycles. The van der Waals surface area contributed by atoms with Crippen LogP contribution in [0, 0.1) is 5.82 Å². The van der Waals surface area contributed by atoms with Gasteiger partial charge in [0.2, 0.25) is 0 Å². The van der Waals surface area contributed by atoms with Crippen molar-refractivity contribution in [3.8, 4) is 11.3 Å². The van der Waals surface area contributed by atoms with E-state index >= 15 is 0 Å². The number of hydrogen-bond donors (Lipinski definition) is 3. The van der Waals surface area contributed by atoms with Gasteiger partial charge in [-0.25, -0.2) is 19.0 Å². The maximum Gasteiger partial charge on any atom is 0.164 e. The Hall–Kier alpha value is -3.82. The van der Waals surface area contributed by atoms with Gasteiger partial charge in [-0.15, -0.1) is 0 Å². The van der Waals surface area contributed by atoms with Crippen molar-refractivity contribution in [3.05, 3.63) is 72.4 Å². The van der Waals surface area contributed by atoms with Crippen LogP contribution in [-0.2, 0) is 6.54 Å². The number of nitrogen functional groups attached to an aromatic ring is 1. The third-order valence-electron chi connectivity index (χ3n) is 7.38. The van der Waals surface area contributed by atoms with Gasteiger partial charge in [-0.05, 0) is 56.9 Å². The second-order valence-electron chi connectivity index (χ2n) is 9.91. The van der Waals surface area contributed by atoms with Crippen molar-refractivity contribution in [1.29, 1.82) is 0 Å². The van der Waals surface area contributed by atoms with E-state index in [9.17, 15) is 9.50 Å². The minimum Gasteiger partial charge on any atom is -0.383 e. The SMILES string of the molecule is CC(O)NC1CCC(n2nc(-c3ccc4c(ccn4Cc4ccccc4F)c3)c3c(N)ncnc32)CC1. The lowest BCUT2D eigenvalue weighted by atomic mass is 9.91. The van der Waals surface area contributed by atoms with Gasteiger partial charge in [0.05, 0.1) is 18.0 Å². The first-order valence-electron chi connectivity index (χ1n) is 12.7. The van der Waals surface area contributed by atoms with E-state index in [0.717, 1.165) is 58.9 Å². The topological polar surface area (TPSA) is 107 Å². The van der Waals surface area contributed by atoms with Crippen molar-refractivity contribution in [2.75, 3.05) is 5.73 Å². The number of rotatable bonds is 6. The zero-order chi connectivity index (χ0) is 25.5. The maximum absolute atomic E-state index is 14.2. The number of benzene rings is 2. The Morgan fingerprint density at radius 1 is 1.11 bits per heavy atom. The number of hydrogen-bond acceptors (Lipinski definition) is 6. The number of aliphatic hydroxyl groups excluding tert-OH is 1. The fourth-order valence-corrected chi connectivity index (χ4v) is 5.58. The Labute approximate surface area is 214 Å². The summed E-state index contributed by atoms with van der Waals surface area (Å²) in [6, 6.07) is 15.6. The fourth-order valence-electron chi connectivity index (χ4n) is 5.58. The van der Waals surface area contributed by atoms with Crippen molar-refractivity contribution in [1.82, 2.24) is 29.6 Å². The molecule has 8 nitrogen and oxygen atoms in total. The first-order chi connectivity index (χ1) is 18.0. The molecule has 1 saturated carbocycles. The summed E-state index contributed by atoms with van der Waals surface area (Å²) < 4.78 is 18.3. The van der Waals surface area contributed by atoms with E-state index in [1.54, 1.807) is 13.0 Å². The van der Waals surface area contributed by atoms with E-state index < -0.39 is 6.23 Å². The average Bonchev–Trinajstić information content (AvgIpc) is 3.48. The van der Waals surface area contributed by atoms with Gasteiger partial charge < -0.3 is 15.4 Å². The molecule has 0 spiro atoms. The lowest BCUT2D eigenvalue weighted by Gasteiger charge is -2.30. The summed E-state index contributed by atoms with van der Waals surface area (Å²) in [5, 5.41) is 19.7. The molecule has 1 unspecified atom stereocenters. The Balaban J connectivity index is 1.35. The van der Waals surface area contributed by atoms with Crippen molar-refractivity contribution in [2.24, 2.45) is 0 Å². The smallest absolute Gasteiger partial charge is 0.164 e. The predicted molar refractivity (Wildman–Crippen MR) is 142 cm³/mol. The van der Waals surface area contributed by atoms with Gasteiger partial charge >= 0.3 is 0 Å². The summed E-state index contributed by atoms with van der Waals surface area (Å²) in [6.45, 7) is 2.21. The highest BCUT2D eigenvalue weighted by molar-refractivity contribution is 6.00. The van der Waals surface area contributed by atoms with E-state index in [1.165, 1.54) is 12.4 Å². The van der Waals surface area contributed by atoms with E-state index in [-0.39, 0.29) is 11.9 Å². The van der Waals surface area contributed by atoms with Crippen LogP contribution >= 0.6 is 0 Å². The van der Waals surface area contributed by atoms with Crippen LogP contribution in [0.1, 0.15) is 44.2 Å². The van der Waals surface area contributed by atoms with E-state index in [4.69, 9.17) is 10.8 Å². The number of nitrogens with two attached hydrogens (primary N) is 1. The number of anilines is 1. The molecule has 0 bridgehead atoms. The highest BCUT2D eigenvalue weighted by atomic mass is 19.1. The zero-order valence-electron chi connectivity index (χ0n) is 20.7. The van der Waals surface area contributed by atoms with Crippen LogP contribution in [0.2, 0.25) is 0 Å². The molecule has 0 amide bonds. The van der Waals surface area contributed by atoms with Crippen molar-refractivity contribution >= 4 is 27.8 Å². The van der Waals surface area contributed by atoms with Crippen molar-refractivity contribution < 1.29 is 9.50 Å². The molecule has 37 heavy (non-hydrogen) atoms. The lowest BCUT2D eigenvalue weighted by molar-refractivity contribution is 0.124. The van der Waals surface area contributed by atoms with Gasteiger partial charge in [-0.2, -0.15) is 5.10 Å². The number of nitrogens with one attached hydrogen (secondary N) is 1. The molecule has 1 atom stereocenters. The van der Waals surface area contributed by atoms with Crippen LogP contribution in [0.3, 0.4) is 0 Å². The predicted octanol–water partition coefficient (Wildman–Crippen LogP) is 4.63. The summed E-state index contributed by atoms with van der Waals surface area (Å²) >= 11 is 0. The number of fused-ring (bicyclic) bond motifs is 2. The molecule has 1 aliphatic carbocycles. The monoisotopic (exact) mass is 499 g/mol. The standard InChI is InChI=1S/C28H30FN7O/c1-17(37)33-21-7-9-22(10-8-21)36-28-25(27(30)31-16-32-28)26(34-36)19-6-11-24-18(14-19)12-13-35(24)15-20-4-2-3-5-23(20)29/h2-6,11-14,16-17,21-22,33,37H,7-10,15H2,1H3,(H2,30,31,32). The van der Waals surface area contributed by atoms with Crippen LogP contribution in [0.4, 0.5) is 10.2 Å². The molecule has 2 aromatic carbocycles. The number of nitrogens with zero attached hydrogens (tertiary/aromatic N) is 5. The Morgan fingerprint density at radius 3 is 2.70 bits per heavy atom. The molecule has 0 radical (unpaired) electrons. The average molecular weight is 500 g/mol. The number of aromatic nitrogens is 5. The molecular formula is C28H30FN7O. The molecule has 3 heterocycles. The molecule has 3 aromatic heterocycles. The minimum absolute atomic E-state index is 0.197. The highest BCUT2D eigenvalue weighted by Gasteiger charge is 2.27. The van der Waals surface area contributed by atoms with E-state index in [2.05, 4.69) is 21.4 Å². The normalized spacial score (nSPS) is 19.0. The van der Waals surface area contributed by atoms with Crippen molar-refractivity contribution in [2.45, 2.75) is 57.5 Å². The second-order valence-corrected chi connectivity index (χ2v) is 9.91. The number of aliphatic hydroxyl groups is 1. The molecule has 1 aliphatic rings. The van der Waals surface area contributed by atoms with Gasteiger partial charge in [0.25, 0.3) is 0 Å². The zero-order valence-corrected chi connectivity index (χ0v) is 20.7. The third kappa shape index (κ3) is 4.45. The highest BCUT2D eigenvalue weighted by Crippen LogP contribution is 2.37. The van der Waals surface area contributed by atoms with Gasteiger partial charge in [0.1, 0.15) is 29.9 Å². The molecule has 6 rings (SSSR count). The summed E-state index contributed by atoms with van der Waals surface area (Å²) in [4.78, 5) is 8.82. The van der Waals surface area contributed by atoms with Crippen molar-refractivity contribution in [3.63, 3.8) is 0 Å². The quantitative estimate of drug-likeness (QED) is 0.294. The van der Waals surface area contributed by atoms with Crippen LogP contribution < -0.4 is 11.1 Å². The first kappa shape index (κ1) is 23.6. The van der Waals surface area contributed by atoms with Crippen LogP contribution in [-0.4, -0.2) is 41.7 Å². The number of halogens is 1.